The molecule has 3 rings (SSSR count). The average Bonchev–Trinajstić information content (AvgIpc) is 2.68. The van der Waals surface area contributed by atoms with Gasteiger partial charge in [0.15, 0.2) is 0 Å². The first-order valence-corrected chi connectivity index (χ1v) is 8.96. The zero-order valence-corrected chi connectivity index (χ0v) is 15.1. The highest BCUT2D eigenvalue weighted by atomic mass is 16.5. The van der Waals surface area contributed by atoms with E-state index in [-0.39, 0.29) is 6.03 Å². The Bertz CT molecular complexity index is 702. The maximum Gasteiger partial charge on any atom is 0.317 e. The first kappa shape index (κ1) is 18.0. The molecule has 26 heavy (non-hydrogen) atoms. The lowest BCUT2D eigenvalue weighted by Gasteiger charge is -2.34. The number of nitrogens with one attached hydrogen (secondary N) is 1. The molecule has 1 fully saturated rings. The molecule has 2 amide bonds. The van der Waals surface area contributed by atoms with Crippen molar-refractivity contribution in [3.8, 4) is 5.75 Å². The fourth-order valence-corrected chi connectivity index (χ4v) is 2.84. The Labute approximate surface area is 154 Å². The van der Waals surface area contributed by atoms with Gasteiger partial charge in [-0.3, -0.25) is 0 Å². The summed E-state index contributed by atoms with van der Waals surface area (Å²) in [6.45, 7) is 6.06. The number of rotatable bonds is 6. The van der Waals surface area contributed by atoms with Gasteiger partial charge in [0.2, 0.25) is 5.95 Å². The molecule has 1 aliphatic heterocycles. The number of aryl methyl sites for hydroxylation is 1. The van der Waals surface area contributed by atoms with Crippen LogP contribution in [0.15, 0.2) is 42.7 Å². The standard InChI is InChI=1S/C19H25N5O2/c1-16-5-2-6-17(15-16)26-14-4-9-22-19(25)24-12-10-23(11-13-24)18-20-7-3-8-21-18/h2-3,5-8,15H,4,9-14H2,1H3,(H,22,25). The van der Waals surface area contributed by atoms with Crippen LogP contribution in [0, 0.1) is 6.92 Å². The molecule has 2 aromatic rings. The number of urea groups is 1. The summed E-state index contributed by atoms with van der Waals surface area (Å²) >= 11 is 0. The van der Waals surface area contributed by atoms with Gasteiger partial charge < -0.3 is 19.9 Å². The summed E-state index contributed by atoms with van der Waals surface area (Å²) in [6.07, 6.45) is 4.25. The maximum atomic E-state index is 12.2. The number of nitrogens with zero attached hydrogens (tertiary/aromatic N) is 4. The average molecular weight is 355 g/mol. The largest absolute Gasteiger partial charge is 0.494 e. The van der Waals surface area contributed by atoms with Crippen molar-refractivity contribution in [3.63, 3.8) is 0 Å². The van der Waals surface area contributed by atoms with Gasteiger partial charge in [0, 0.05) is 45.1 Å². The van der Waals surface area contributed by atoms with Gasteiger partial charge in [-0.25, -0.2) is 14.8 Å². The fraction of sp³-hybridized carbons (Fsp3) is 0.421. The van der Waals surface area contributed by atoms with E-state index in [1.165, 1.54) is 5.56 Å². The zero-order chi connectivity index (χ0) is 18.2. The maximum absolute atomic E-state index is 12.2. The van der Waals surface area contributed by atoms with Crippen molar-refractivity contribution in [1.82, 2.24) is 20.2 Å². The van der Waals surface area contributed by atoms with Crippen LogP contribution < -0.4 is 15.0 Å². The first-order chi connectivity index (χ1) is 12.7. The van der Waals surface area contributed by atoms with Crippen molar-refractivity contribution in [1.29, 1.82) is 0 Å². The van der Waals surface area contributed by atoms with Crippen molar-refractivity contribution >= 4 is 12.0 Å². The monoisotopic (exact) mass is 355 g/mol. The van der Waals surface area contributed by atoms with Gasteiger partial charge >= 0.3 is 6.03 Å². The summed E-state index contributed by atoms with van der Waals surface area (Å²) in [5.74, 6) is 1.59. The Hall–Kier alpha value is -2.83. The molecular weight excluding hydrogens is 330 g/mol. The van der Waals surface area contributed by atoms with Crippen molar-refractivity contribution < 1.29 is 9.53 Å². The van der Waals surface area contributed by atoms with E-state index in [2.05, 4.69) is 20.2 Å². The molecule has 0 spiro atoms. The van der Waals surface area contributed by atoms with Gasteiger partial charge in [0.05, 0.1) is 6.61 Å². The van der Waals surface area contributed by atoms with Crippen LogP contribution >= 0.6 is 0 Å². The second kappa shape index (κ2) is 9.03. The highest BCUT2D eigenvalue weighted by Crippen LogP contribution is 2.12. The minimum absolute atomic E-state index is 0.0193. The topological polar surface area (TPSA) is 70.6 Å². The van der Waals surface area contributed by atoms with Crippen molar-refractivity contribution in [2.24, 2.45) is 0 Å². The molecule has 1 aromatic heterocycles. The summed E-state index contributed by atoms with van der Waals surface area (Å²) in [6, 6.07) is 9.75. The van der Waals surface area contributed by atoms with E-state index in [0.29, 0.717) is 26.2 Å². The van der Waals surface area contributed by atoms with Crippen LogP contribution in [-0.2, 0) is 0 Å². The van der Waals surface area contributed by atoms with E-state index in [9.17, 15) is 4.79 Å². The Balaban J connectivity index is 1.32. The van der Waals surface area contributed by atoms with Gasteiger partial charge in [0.1, 0.15) is 5.75 Å². The van der Waals surface area contributed by atoms with Crippen LogP contribution in [0.2, 0.25) is 0 Å². The van der Waals surface area contributed by atoms with Crippen molar-refractivity contribution in [3.05, 3.63) is 48.3 Å². The third-order valence-electron chi connectivity index (χ3n) is 4.26. The number of amides is 2. The van der Waals surface area contributed by atoms with Crippen LogP contribution in [0.4, 0.5) is 10.7 Å². The lowest BCUT2D eigenvalue weighted by Crippen LogP contribution is -2.52. The Kier molecular flexibility index (Phi) is 6.24. The highest BCUT2D eigenvalue weighted by Gasteiger charge is 2.21. The molecule has 0 atom stereocenters. The van der Waals surface area contributed by atoms with Gasteiger partial charge in [0.25, 0.3) is 0 Å². The van der Waals surface area contributed by atoms with Gasteiger partial charge in [-0.05, 0) is 37.1 Å². The van der Waals surface area contributed by atoms with Crippen molar-refractivity contribution in [2.75, 3.05) is 44.2 Å². The molecule has 0 aliphatic carbocycles. The molecule has 0 saturated carbocycles. The SMILES string of the molecule is Cc1cccc(OCCCNC(=O)N2CCN(c3ncccn3)CC2)c1. The summed E-state index contributed by atoms with van der Waals surface area (Å²) in [7, 11) is 0. The molecule has 1 aromatic carbocycles. The third-order valence-corrected chi connectivity index (χ3v) is 4.26. The van der Waals surface area contributed by atoms with Gasteiger partial charge in [-0.15, -0.1) is 0 Å². The lowest BCUT2D eigenvalue weighted by molar-refractivity contribution is 0.193. The molecule has 1 aliphatic rings. The lowest BCUT2D eigenvalue weighted by atomic mass is 10.2. The smallest absolute Gasteiger partial charge is 0.317 e. The molecule has 0 radical (unpaired) electrons. The Morgan fingerprint density at radius 2 is 1.92 bits per heavy atom. The number of anilines is 1. The second-order valence-electron chi connectivity index (χ2n) is 6.27. The third kappa shape index (κ3) is 5.08. The molecular formula is C19H25N5O2. The first-order valence-electron chi connectivity index (χ1n) is 8.96. The molecule has 1 N–H and O–H groups in total. The molecule has 1 saturated heterocycles. The quantitative estimate of drug-likeness (QED) is 0.804. The van der Waals surface area contributed by atoms with Crippen molar-refractivity contribution in [2.45, 2.75) is 13.3 Å². The predicted molar refractivity (Wildman–Crippen MR) is 101 cm³/mol. The van der Waals surface area contributed by atoms with E-state index in [1.807, 2.05) is 36.1 Å². The van der Waals surface area contributed by atoms with E-state index in [1.54, 1.807) is 18.5 Å². The molecule has 7 heteroatoms. The molecule has 0 bridgehead atoms. The molecule has 0 unspecified atom stereocenters. The summed E-state index contributed by atoms with van der Waals surface area (Å²) < 4.78 is 5.69. The molecule has 138 valence electrons. The summed E-state index contributed by atoms with van der Waals surface area (Å²) in [5, 5.41) is 2.96. The number of piperazine rings is 1. The van der Waals surface area contributed by atoms with E-state index in [0.717, 1.165) is 31.2 Å². The van der Waals surface area contributed by atoms with Crippen LogP contribution in [0.3, 0.4) is 0 Å². The number of ether oxygens (including phenoxy) is 1. The number of carbonyl (C=O) groups is 1. The number of benzene rings is 1. The minimum atomic E-state index is -0.0193. The number of aromatic nitrogens is 2. The van der Waals surface area contributed by atoms with Crippen LogP contribution in [0.25, 0.3) is 0 Å². The number of hydrogen-bond donors (Lipinski definition) is 1. The normalized spacial score (nSPS) is 14.2. The summed E-state index contributed by atoms with van der Waals surface area (Å²) in [4.78, 5) is 24.7. The zero-order valence-electron chi connectivity index (χ0n) is 15.1. The van der Waals surface area contributed by atoms with Gasteiger partial charge in [-0.1, -0.05) is 12.1 Å². The number of hydrogen-bond acceptors (Lipinski definition) is 5. The Morgan fingerprint density at radius 3 is 2.65 bits per heavy atom. The fourth-order valence-electron chi connectivity index (χ4n) is 2.84. The van der Waals surface area contributed by atoms with E-state index >= 15 is 0 Å². The summed E-state index contributed by atoms with van der Waals surface area (Å²) in [5.41, 5.74) is 1.18. The minimum Gasteiger partial charge on any atom is -0.494 e. The van der Waals surface area contributed by atoms with Gasteiger partial charge in [-0.2, -0.15) is 0 Å². The molecule has 7 nitrogen and oxygen atoms in total. The predicted octanol–water partition coefficient (Wildman–Crippen LogP) is 2.09. The van der Waals surface area contributed by atoms with Crippen LogP contribution in [0.1, 0.15) is 12.0 Å². The number of carbonyl (C=O) groups excluding carboxylic acids is 1. The van der Waals surface area contributed by atoms with Crippen LogP contribution in [0.5, 0.6) is 5.75 Å². The van der Waals surface area contributed by atoms with E-state index in [4.69, 9.17) is 4.74 Å². The van der Waals surface area contributed by atoms with Crippen LogP contribution in [-0.4, -0.2) is 60.2 Å². The highest BCUT2D eigenvalue weighted by molar-refractivity contribution is 5.74. The Morgan fingerprint density at radius 1 is 1.15 bits per heavy atom. The second-order valence-corrected chi connectivity index (χ2v) is 6.27. The van der Waals surface area contributed by atoms with E-state index < -0.39 is 0 Å². The molecule has 2 heterocycles.